The van der Waals surface area contributed by atoms with Crippen molar-refractivity contribution in [2.75, 3.05) is 27.4 Å². The molecule has 2 aliphatic rings. The van der Waals surface area contributed by atoms with Crippen LogP contribution in [0.2, 0.25) is 0 Å². The average Bonchev–Trinajstić information content (AvgIpc) is 3.46. The predicted octanol–water partition coefficient (Wildman–Crippen LogP) is 3.10. The van der Waals surface area contributed by atoms with Crippen molar-refractivity contribution in [3.05, 3.63) is 34.3 Å². The first kappa shape index (κ1) is 26.2. The van der Waals surface area contributed by atoms with Crippen molar-refractivity contribution in [3.8, 4) is 0 Å². The van der Waals surface area contributed by atoms with Gasteiger partial charge in [0.05, 0.1) is 13.2 Å². The summed E-state index contributed by atoms with van der Waals surface area (Å²) in [7, 11) is 2.64. The van der Waals surface area contributed by atoms with Gasteiger partial charge in [-0.05, 0) is 43.7 Å². The van der Waals surface area contributed by atoms with Gasteiger partial charge in [-0.15, -0.1) is 0 Å². The van der Waals surface area contributed by atoms with Crippen LogP contribution in [0.5, 0.6) is 0 Å². The van der Waals surface area contributed by atoms with Crippen LogP contribution in [0.1, 0.15) is 49.4 Å². The number of rotatable bonds is 8. The maximum atomic E-state index is 13.5. The number of carbonyl (C=O) groups is 4. The lowest BCUT2D eigenvalue weighted by molar-refractivity contribution is -0.154. The second kappa shape index (κ2) is 11.3. The molecule has 2 fully saturated rings. The molecule has 1 heterocycles. The number of likely N-dealkylation sites (tertiary alicyclic amines) is 1. The number of carbonyl (C=O) groups excluding carboxylic acids is 4. The summed E-state index contributed by atoms with van der Waals surface area (Å²) < 4.78 is 16.2. The number of amides is 2. The average molecular weight is 539 g/mol. The van der Waals surface area contributed by atoms with E-state index in [2.05, 4.69) is 26.0 Å². The van der Waals surface area contributed by atoms with Gasteiger partial charge in [-0.25, -0.2) is 9.59 Å². The van der Waals surface area contributed by atoms with Crippen molar-refractivity contribution in [1.29, 1.82) is 0 Å². The lowest BCUT2D eigenvalue weighted by atomic mass is 9.84. The zero-order valence-electron chi connectivity index (χ0n) is 19.7. The Morgan fingerprint density at radius 2 is 1.79 bits per heavy atom. The Morgan fingerprint density at radius 1 is 1.15 bits per heavy atom. The number of benzene rings is 1. The molecule has 1 aromatic carbocycles. The number of methoxy groups -OCH3 is 2. The first-order valence-electron chi connectivity index (χ1n) is 11.3. The van der Waals surface area contributed by atoms with Crippen LogP contribution in [0.4, 0.5) is 4.79 Å². The summed E-state index contributed by atoms with van der Waals surface area (Å²) in [5, 5.41) is 2.52. The Hall–Kier alpha value is -2.46. The van der Waals surface area contributed by atoms with E-state index in [1.807, 2.05) is 0 Å². The van der Waals surface area contributed by atoms with Gasteiger partial charge in [0, 0.05) is 23.7 Å². The molecule has 0 unspecified atom stereocenters. The third-order valence-electron chi connectivity index (χ3n) is 6.81. The molecule has 1 N–H and O–H groups in total. The number of nitrogens with one attached hydrogen (secondary N) is 1. The number of hydrogen-bond donors (Lipinski definition) is 1. The van der Waals surface area contributed by atoms with Gasteiger partial charge in [0.2, 0.25) is 5.91 Å². The summed E-state index contributed by atoms with van der Waals surface area (Å²) in [6.07, 6.45) is 2.93. The van der Waals surface area contributed by atoms with E-state index in [1.165, 1.54) is 19.1 Å². The largest absolute Gasteiger partial charge is 0.456 e. The molecule has 0 bridgehead atoms. The Bertz CT molecular complexity index is 914. The molecule has 3 atom stereocenters. The van der Waals surface area contributed by atoms with E-state index >= 15 is 0 Å². The van der Waals surface area contributed by atoms with Crippen molar-refractivity contribution in [2.24, 2.45) is 5.41 Å². The van der Waals surface area contributed by atoms with E-state index < -0.39 is 42.8 Å². The highest BCUT2D eigenvalue weighted by Gasteiger charge is 2.52. The van der Waals surface area contributed by atoms with Gasteiger partial charge >= 0.3 is 12.1 Å². The molecule has 1 aliphatic carbocycles. The summed E-state index contributed by atoms with van der Waals surface area (Å²) in [5.41, 5.74) is 0.264. The Labute approximate surface area is 207 Å². The van der Waals surface area contributed by atoms with Gasteiger partial charge in [-0.3, -0.25) is 9.59 Å². The van der Waals surface area contributed by atoms with E-state index in [0.717, 1.165) is 30.2 Å². The van der Waals surface area contributed by atoms with Gasteiger partial charge in [-0.2, -0.15) is 0 Å². The van der Waals surface area contributed by atoms with Crippen LogP contribution in [0.25, 0.3) is 0 Å². The normalized spacial score (nSPS) is 20.6. The minimum absolute atomic E-state index is 0.165. The van der Waals surface area contributed by atoms with Crippen LogP contribution < -0.4 is 5.32 Å². The molecule has 3 rings (SSSR count). The van der Waals surface area contributed by atoms with E-state index in [-0.39, 0.29) is 11.2 Å². The Kier molecular flexibility index (Phi) is 8.70. The molecule has 1 spiro atoms. The maximum absolute atomic E-state index is 13.5. The molecule has 0 aromatic heterocycles. The third-order valence-corrected chi connectivity index (χ3v) is 7.33. The zero-order valence-corrected chi connectivity index (χ0v) is 21.3. The lowest BCUT2D eigenvalue weighted by Gasteiger charge is -2.31. The van der Waals surface area contributed by atoms with Gasteiger partial charge in [0.1, 0.15) is 12.1 Å². The fourth-order valence-corrected chi connectivity index (χ4v) is 5.08. The molecular formula is C24H31BrN2O7. The summed E-state index contributed by atoms with van der Waals surface area (Å²) in [6.45, 7) is 1.64. The quantitative estimate of drug-likeness (QED) is 0.399. The molecule has 10 heteroatoms. The third kappa shape index (κ3) is 5.96. The summed E-state index contributed by atoms with van der Waals surface area (Å²) in [5.74, 6) is -1.39. The number of esters is 1. The molecule has 1 saturated heterocycles. The molecule has 9 nitrogen and oxygen atoms in total. The lowest BCUT2D eigenvalue weighted by Crippen LogP contribution is -2.56. The summed E-state index contributed by atoms with van der Waals surface area (Å²) >= 11 is 3.32. The topological polar surface area (TPSA) is 111 Å². The van der Waals surface area contributed by atoms with Crippen LogP contribution in [-0.4, -0.2) is 74.2 Å². The fourth-order valence-electron chi connectivity index (χ4n) is 4.82. The minimum Gasteiger partial charge on any atom is -0.456 e. The Morgan fingerprint density at radius 3 is 2.38 bits per heavy atom. The first-order chi connectivity index (χ1) is 16.2. The molecule has 1 aliphatic heterocycles. The highest BCUT2D eigenvalue weighted by Crippen LogP contribution is 2.48. The number of nitrogens with zero attached hydrogens (tertiary/aromatic N) is 1. The van der Waals surface area contributed by atoms with Crippen molar-refractivity contribution >= 4 is 39.7 Å². The van der Waals surface area contributed by atoms with Crippen molar-refractivity contribution in [1.82, 2.24) is 10.2 Å². The number of ketones is 1. The maximum Gasteiger partial charge on any atom is 0.407 e. The summed E-state index contributed by atoms with van der Waals surface area (Å²) in [6, 6.07) is 4.90. The van der Waals surface area contributed by atoms with Gasteiger partial charge < -0.3 is 24.4 Å². The van der Waals surface area contributed by atoms with Crippen molar-refractivity contribution in [2.45, 2.75) is 57.2 Å². The second-order valence-corrected chi connectivity index (χ2v) is 9.90. The molecule has 186 valence electrons. The van der Waals surface area contributed by atoms with E-state index in [1.54, 1.807) is 31.2 Å². The number of alkyl carbamates (subject to hydrolysis) is 1. The number of ether oxygens (including phenoxy) is 3. The smallest absolute Gasteiger partial charge is 0.407 e. The van der Waals surface area contributed by atoms with Crippen molar-refractivity contribution < 1.29 is 33.4 Å². The molecule has 34 heavy (non-hydrogen) atoms. The molecule has 1 saturated carbocycles. The number of hydrogen-bond acceptors (Lipinski definition) is 7. The number of Topliss-reactive ketones (excluding diaryl/α,β-unsaturated/α-hetero) is 1. The highest BCUT2D eigenvalue weighted by atomic mass is 79.9. The van der Waals surface area contributed by atoms with Crippen LogP contribution in [0, 0.1) is 5.41 Å². The van der Waals surface area contributed by atoms with Gasteiger partial charge in [0.15, 0.2) is 12.4 Å². The fraction of sp³-hybridized carbons (Fsp3) is 0.583. The monoisotopic (exact) mass is 538 g/mol. The number of halogens is 1. The van der Waals surface area contributed by atoms with Crippen LogP contribution >= 0.6 is 15.9 Å². The van der Waals surface area contributed by atoms with Gasteiger partial charge in [0.25, 0.3) is 0 Å². The SMILES string of the molecule is COC(=O)N[C@H](C(=O)N1CC2(CCCC2)C[C@H]1C(=O)OCC(=O)c1ccc(Br)cc1)[C@@H](C)OC. The molecule has 2 amide bonds. The molecular weight excluding hydrogens is 508 g/mol. The van der Waals surface area contributed by atoms with E-state index in [0.29, 0.717) is 18.5 Å². The minimum atomic E-state index is -1.03. The van der Waals surface area contributed by atoms with Crippen LogP contribution in [-0.2, 0) is 23.8 Å². The Balaban J connectivity index is 1.76. The first-order valence-corrected chi connectivity index (χ1v) is 12.1. The second-order valence-electron chi connectivity index (χ2n) is 8.99. The van der Waals surface area contributed by atoms with Gasteiger partial charge in [-0.1, -0.05) is 40.9 Å². The van der Waals surface area contributed by atoms with Crippen LogP contribution in [0.3, 0.4) is 0 Å². The predicted molar refractivity (Wildman–Crippen MR) is 126 cm³/mol. The molecule has 1 aromatic rings. The summed E-state index contributed by atoms with van der Waals surface area (Å²) in [4.78, 5) is 52.5. The van der Waals surface area contributed by atoms with E-state index in [4.69, 9.17) is 9.47 Å². The van der Waals surface area contributed by atoms with Crippen molar-refractivity contribution in [3.63, 3.8) is 0 Å². The van der Waals surface area contributed by atoms with E-state index in [9.17, 15) is 19.2 Å². The standard InChI is InChI=1S/C24H31BrN2O7/c1-15(32-2)20(26-23(31)33-3)21(29)27-14-24(10-4-5-11-24)12-18(27)22(30)34-13-19(28)16-6-8-17(25)9-7-16/h6-9,15,18,20H,4-5,10-14H2,1-3H3,(H,26,31)/t15-,18+,20+/m1/s1. The highest BCUT2D eigenvalue weighted by molar-refractivity contribution is 9.10. The zero-order chi connectivity index (χ0) is 24.9. The van der Waals surface area contributed by atoms with Crippen LogP contribution in [0.15, 0.2) is 28.7 Å². The molecule has 0 radical (unpaired) electrons.